The number of nitrogens with zero attached hydrogens (tertiary/aromatic N) is 4. The van der Waals surface area contributed by atoms with E-state index in [9.17, 15) is 19.7 Å². The molecule has 2 N–H and O–H groups in total. The summed E-state index contributed by atoms with van der Waals surface area (Å²) in [7, 11) is 1.52. The molecule has 2 amide bonds. The van der Waals surface area contributed by atoms with Crippen LogP contribution in [-0.2, 0) is 11.3 Å². The predicted molar refractivity (Wildman–Crippen MR) is 117 cm³/mol. The number of methoxy groups -OCH3 is 1. The Morgan fingerprint density at radius 3 is 2.62 bits per heavy atom. The molecule has 0 aliphatic heterocycles. The van der Waals surface area contributed by atoms with Crippen LogP contribution in [0.1, 0.15) is 28.4 Å². The fourth-order valence-electron chi connectivity index (χ4n) is 2.85. The molecule has 2 aromatic carbocycles. The van der Waals surface area contributed by atoms with Gasteiger partial charge in [-0.3, -0.25) is 24.4 Å². The van der Waals surface area contributed by atoms with Gasteiger partial charge in [-0.25, -0.2) is 5.43 Å². The van der Waals surface area contributed by atoms with Crippen LogP contribution in [0.25, 0.3) is 0 Å². The van der Waals surface area contributed by atoms with Gasteiger partial charge in [-0.05, 0) is 48.0 Å². The van der Waals surface area contributed by atoms with E-state index in [1.54, 1.807) is 42.5 Å². The second kappa shape index (κ2) is 9.98. The number of benzene rings is 2. The summed E-state index contributed by atoms with van der Waals surface area (Å²) in [5.41, 5.74) is 4.72. The number of hydrogen-bond donors (Lipinski definition) is 2. The molecule has 1 heterocycles. The van der Waals surface area contributed by atoms with Gasteiger partial charge in [0.15, 0.2) is 0 Å². The van der Waals surface area contributed by atoms with E-state index >= 15 is 0 Å². The molecule has 32 heavy (non-hydrogen) atoms. The largest absolute Gasteiger partial charge is 0.496 e. The van der Waals surface area contributed by atoms with Crippen molar-refractivity contribution < 1.29 is 19.2 Å². The number of carbonyl (C=O) groups excluding carboxylic acids is 2. The molecule has 0 bridgehead atoms. The highest BCUT2D eigenvalue weighted by atomic mass is 16.6. The third kappa shape index (κ3) is 5.75. The maximum absolute atomic E-state index is 12.2. The maximum atomic E-state index is 12.2. The molecule has 11 heteroatoms. The molecule has 164 valence electrons. The van der Waals surface area contributed by atoms with Crippen LogP contribution >= 0.6 is 0 Å². The lowest BCUT2D eigenvalue weighted by molar-refractivity contribution is -0.385. The minimum atomic E-state index is -0.514. The van der Waals surface area contributed by atoms with Crippen LogP contribution in [0.15, 0.2) is 60.0 Å². The Kier molecular flexibility index (Phi) is 6.91. The smallest absolute Gasteiger partial charge is 0.307 e. The molecule has 0 aliphatic carbocycles. The average molecular weight is 436 g/mol. The Hall–Kier alpha value is -4.54. The van der Waals surface area contributed by atoms with Crippen LogP contribution in [-0.4, -0.2) is 39.8 Å². The van der Waals surface area contributed by atoms with Crippen LogP contribution in [0.4, 0.5) is 11.4 Å². The number of aromatic nitrogens is 2. The molecule has 0 atom stereocenters. The zero-order valence-corrected chi connectivity index (χ0v) is 17.3. The Bertz CT molecular complexity index is 1170. The van der Waals surface area contributed by atoms with E-state index in [4.69, 9.17) is 4.74 Å². The summed E-state index contributed by atoms with van der Waals surface area (Å²) in [4.78, 5) is 33.6. The molecular formula is C21H20N6O5. The summed E-state index contributed by atoms with van der Waals surface area (Å²) >= 11 is 0. The third-order valence-electron chi connectivity index (χ3n) is 4.31. The number of carbonyl (C=O) groups is 2. The second-order valence-electron chi connectivity index (χ2n) is 6.68. The van der Waals surface area contributed by atoms with Gasteiger partial charge < -0.3 is 10.1 Å². The van der Waals surface area contributed by atoms with Crippen molar-refractivity contribution in [1.82, 2.24) is 15.2 Å². The van der Waals surface area contributed by atoms with Crippen molar-refractivity contribution in [3.8, 4) is 5.75 Å². The van der Waals surface area contributed by atoms with E-state index < -0.39 is 10.8 Å². The first-order chi connectivity index (χ1) is 15.4. The third-order valence-corrected chi connectivity index (χ3v) is 4.31. The summed E-state index contributed by atoms with van der Waals surface area (Å²) in [6, 6.07) is 11.7. The highest BCUT2D eigenvalue weighted by Gasteiger charge is 2.11. The van der Waals surface area contributed by atoms with Crippen molar-refractivity contribution in [2.24, 2.45) is 5.10 Å². The van der Waals surface area contributed by atoms with Crippen LogP contribution < -0.4 is 15.5 Å². The first-order valence-electron chi connectivity index (χ1n) is 9.40. The van der Waals surface area contributed by atoms with Gasteiger partial charge in [0.25, 0.3) is 5.91 Å². The van der Waals surface area contributed by atoms with E-state index in [0.717, 1.165) is 5.56 Å². The van der Waals surface area contributed by atoms with Crippen LogP contribution in [0, 0.1) is 10.1 Å². The number of amides is 2. The minimum Gasteiger partial charge on any atom is -0.496 e. The molecule has 0 unspecified atom stereocenters. The van der Waals surface area contributed by atoms with Gasteiger partial charge >= 0.3 is 5.69 Å². The van der Waals surface area contributed by atoms with Crippen molar-refractivity contribution in [2.45, 2.75) is 13.5 Å². The molecule has 0 spiro atoms. The number of hydrazone groups is 1. The molecule has 0 fully saturated rings. The lowest BCUT2D eigenvalue weighted by Crippen LogP contribution is -2.17. The van der Waals surface area contributed by atoms with Crippen molar-refractivity contribution in [3.05, 3.63) is 81.7 Å². The van der Waals surface area contributed by atoms with Gasteiger partial charge in [-0.15, -0.1) is 0 Å². The highest BCUT2D eigenvalue weighted by Crippen LogP contribution is 2.21. The van der Waals surface area contributed by atoms with E-state index in [1.165, 1.54) is 37.3 Å². The monoisotopic (exact) mass is 436 g/mol. The maximum Gasteiger partial charge on any atom is 0.307 e. The van der Waals surface area contributed by atoms with Gasteiger partial charge in [-0.1, -0.05) is 0 Å². The number of nitro groups is 1. The molecule has 0 saturated carbocycles. The van der Waals surface area contributed by atoms with Gasteiger partial charge in [0.1, 0.15) is 18.1 Å². The van der Waals surface area contributed by atoms with E-state index in [2.05, 4.69) is 20.9 Å². The first-order valence-corrected chi connectivity index (χ1v) is 9.40. The van der Waals surface area contributed by atoms with Gasteiger partial charge in [-0.2, -0.15) is 10.2 Å². The number of nitrogens with one attached hydrogen (secondary N) is 2. The number of hydrogen-bond acceptors (Lipinski definition) is 7. The minimum absolute atomic E-state index is 0.102. The van der Waals surface area contributed by atoms with Crippen LogP contribution in [0.3, 0.4) is 0 Å². The van der Waals surface area contributed by atoms with Gasteiger partial charge in [0, 0.05) is 23.7 Å². The average Bonchev–Trinajstić information content (AvgIpc) is 3.23. The summed E-state index contributed by atoms with van der Waals surface area (Å²) < 4.78 is 6.78. The van der Waals surface area contributed by atoms with Crippen molar-refractivity contribution >= 4 is 29.4 Å². The number of anilines is 1. The molecular weight excluding hydrogens is 416 g/mol. The molecule has 0 aliphatic rings. The first kappa shape index (κ1) is 22.2. The zero-order valence-electron chi connectivity index (χ0n) is 17.3. The molecule has 3 aromatic rings. The van der Waals surface area contributed by atoms with E-state index in [1.807, 2.05) is 0 Å². The summed E-state index contributed by atoms with van der Waals surface area (Å²) in [6.07, 6.45) is 3.98. The lowest BCUT2D eigenvalue weighted by atomic mass is 10.1. The Morgan fingerprint density at radius 1 is 1.25 bits per heavy atom. The van der Waals surface area contributed by atoms with Crippen LogP contribution in [0.5, 0.6) is 5.75 Å². The van der Waals surface area contributed by atoms with E-state index in [-0.39, 0.29) is 18.1 Å². The molecule has 0 saturated heterocycles. The molecule has 3 rings (SSSR count). The Labute approximate surface area is 182 Å². The predicted octanol–water partition coefficient (Wildman–Crippen LogP) is 2.57. The zero-order chi connectivity index (χ0) is 23.1. The molecule has 1 aromatic heterocycles. The van der Waals surface area contributed by atoms with Crippen molar-refractivity contribution in [1.29, 1.82) is 0 Å². The highest BCUT2D eigenvalue weighted by molar-refractivity contribution is 5.96. The summed E-state index contributed by atoms with van der Waals surface area (Å²) in [5.74, 6) is -0.0201. The fourth-order valence-corrected chi connectivity index (χ4v) is 2.85. The molecule has 11 nitrogen and oxygen atoms in total. The van der Waals surface area contributed by atoms with E-state index in [0.29, 0.717) is 22.6 Å². The summed E-state index contributed by atoms with van der Waals surface area (Å²) in [5, 5.41) is 21.4. The Morgan fingerprint density at radius 2 is 2.00 bits per heavy atom. The van der Waals surface area contributed by atoms with Gasteiger partial charge in [0.05, 0.1) is 24.8 Å². The number of rotatable bonds is 8. The topological polar surface area (TPSA) is 141 Å². The van der Waals surface area contributed by atoms with Crippen molar-refractivity contribution in [3.63, 3.8) is 0 Å². The quantitative estimate of drug-likeness (QED) is 0.316. The second-order valence-corrected chi connectivity index (χ2v) is 6.68. The van der Waals surface area contributed by atoms with Crippen LogP contribution in [0.2, 0.25) is 0 Å². The van der Waals surface area contributed by atoms with Gasteiger partial charge in [0.2, 0.25) is 5.91 Å². The SMILES string of the molecule is COc1ccc(C=NNC(=O)c2ccc(NC(C)=O)cc2)cc1Cn1cc([N+](=O)[O-])cn1. The Balaban J connectivity index is 1.67. The lowest BCUT2D eigenvalue weighted by Gasteiger charge is -2.09. The summed E-state index contributed by atoms with van der Waals surface area (Å²) in [6.45, 7) is 1.66. The normalized spacial score (nSPS) is 10.7. The fraction of sp³-hybridized carbons (Fsp3) is 0.143. The standard InChI is InChI=1S/C21H20N6O5/c1-14(28)24-18-6-4-16(5-7-18)21(29)25-22-10-15-3-8-20(32-2)17(9-15)12-26-13-19(11-23-26)27(30)31/h3-11,13H,12H2,1-2H3,(H,24,28)(H,25,29). The number of ether oxygens (including phenoxy) is 1. The molecule has 0 radical (unpaired) electrons. The van der Waals surface area contributed by atoms with Crippen molar-refractivity contribution in [2.75, 3.05) is 12.4 Å².